The summed E-state index contributed by atoms with van der Waals surface area (Å²) in [4.78, 5) is 0. The Balaban J connectivity index is 3.60. The van der Waals surface area contributed by atoms with Crippen molar-refractivity contribution >= 4 is 0 Å². The summed E-state index contributed by atoms with van der Waals surface area (Å²) < 4.78 is 90.9. The van der Waals surface area contributed by atoms with Crippen molar-refractivity contribution in [3.05, 3.63) is 34.6 Å². The fraction of sp³-hybridized carbons (Fsp3) is 0.571. The predicted molar refractivity (Wildman–Crippen MR) is 68.8 cm³/mol. The minimum atomic E-state index is -5.26. The molecule has 0 spiro atoms. The molecule has 0 bridgehead atoms. The van der Waals surface area contributed by atoms with Crippen LogP contribution in [0.4, 0.5) is 30.7 Å². The summed E-state index contributed by atoms with van der Waals surface area (Å²) in [6.45, 7) is 4.35. The van der Waals surface area contributed by atoms with Crippen LogP contribution >= 0.6 is 0 Å². The number of aliphatic hydroxyl groups excluding tert-OH is 1. The number of halogens is 7. The highest BCUT2D eigenvalue weighted by Gasteiger charge is 2.43. The summed E-state index contributed by atoms with van der Waals surface area (Å²) in [6.07, 6.45) is -12.0. The Bertz CT molecular complexity index is 572. The number of aliphatic hydroxyl groups is 1. The van der Waals surface area contributed by atoms with Crippen molar-refractivity contribution in [2.45, 2.75) is 45.3 Å². The van der Waals surface area contributed by atoms with Gasteiger partial charge in [0.2, 0.25) is 0 Å². The van der Waals surface area contributed by atoms with E-state index in [0.717, 1.165) is 0 Å². The summed E-state index contributed by atoms with van der Waals surface area (Å²) >= 11 is 0. The first kappa shape index (κ1) is 19.7. The molecule has 1 rings (SSSR count). The molecule has 1 aromatic rings. The topological polar surface area (TPSA) is 46.2 Å². The summed E-state index contributed by atoms with van der Waals surface area (Å²) in [5.41, 5.74) is -0.300. The lowest BCUT2D eigenvalue weighted by Gasteiger charge is -2.32. The van der Waals surface area contributed by atoms with Crippen LogP contribution in [0.3, 0.4) is 0 Å². The van der Waals surface area contributed by atoms with Crippen LogP contribution in [0.1, 0.15) is 43.5 Å². The summed E-state index contributed by atoms with van der Waals surface area (Å²) in [6, 6.07) is -2.10. The van der Waals surface area contributed by atoms with Gasteiger partial charge in [0.15, 0.2) is 0 Å². The van der Waals surface area contributed by atoms with Gasteiger partial charge in [0.25, 0.3) is 0 Å². The van der Waals surface area contributed by atoms with Crippen LogP contribution < -0.4 is 5.73 Å². The van der Waals surface area contributed by atoms with Crippen molar-refractivity contribution < 1.29 is 35.8 Å². The Morgan fingerprint density at radius 3 is 1.78 bits per heavy atom. The van der Waals surface area contributed by atoms with E-state index in [9.17, 15) is 35.8 Å². The molecule has 23 heavy (non-hydrogen) atoms. The number of hydrogen-bond acceptors (Lipinski definition) is 2. The standard InChI is InChI=1S/C14H16F7NO/c1-12(2,3)11(23)10(22)9-7(14(19,20)21)4-6(5-8(9)15)13(16,17)18/h4-5,10-11,23H,22H2,1-3H3/t10-,11-/m1/s1. The largest absolute Gasteiger partial charge is 0.416 e. The van der Waals surface area contributed by atoms with Crippen LogP contribution in [0.15, 0.2) is 12.1 Å². The van der Waals surface area contributed by atoms with E-state index >= 15 is 0 Å². The number of nitrogens with two attached hydrogens (primary N) is 1. The van der Waals surface area contributed by atoms with E-state index in [1.807, 2.05) is 0 Å². The molecular formula is C14H16F7NO. The minimum absolute atomic E-state index is 0.0557. The molecule has 0 saturated heterocycles. The number of benzene rings is 1. The van der Waals surface area contributed by atoms with E-state index in [4.69, 9.17) is 5.73 Å². The monoisotopic (exact) mass is 347 g/mol. The molecule has 0 amide bonds. The first-order valence-corrected chi connectivity index (χ1v) is 6.48. The van der Waals surface area contributed by atoms with E-state index in [1.165, 1.54) is 20.8 Å². The maximum Gasteiger partial charge on any atom is 0.416 e. The molecule has 0 aliphatic heterocycles. The van der Waals surface area contributed by atoms with Crippen LogP contribution in [-0.4, -0.2) is 11.2 Å². The second-order valence-corrected chi connectivity index (χ2v) is 6.25. The SMILES string of the molecule is CC(C)(C)[C@H](O)[C@H](N)c1c(F)cc(C(F)(F)F)cc1C(F)(F)F. The zero-order chi connectivity index (χ0) is 18.4. The lowest BCUT2D eigenvalue weighted by molar-refractivity contribution is -0.144. The Morgan fingerprint density at radius 2 is 1.43 bits per heavy atom. The molecule has 0 aliphatic rings. The Labute approximate surface area is 128 Å². The molecule has 132 valence electrons. The zero-order valence-electron chi connectivity index (χ0n) is 12.5. The van der Waals surface area contributed by atoms with Gasteiger partial charge in [0.1, 0.15) is 5.82 Å². The molecule has 2 atom stereocenters. The molecule has 0 saturated carbocycles. The molecule has 0 aliphatic carbocycles. The molecule has 1 aromatic carbocycles. The normalized spacial score (nSPS) is 16.3. The van der Waals surface area contributed by atoms with Crippen molar-refractivity contribution in [1.82, 2.24) is 0 Å². The first-order chi connectivity index (χ1) is 10.1. The minimum Gasteiger partial charge on any atom is -0.391 e. The molecule has 2 nitrogen and oxygen atoms in total. The zero-order valence-corrected chi connectivity index (χ0v) is 12.5. The lowest BCUT2D eigenvalue weighted by atomic mass is 9.81. The molecule has 0 unspecified atom stereocenters. The van der Waals surface area contributed by atoms with Gasteiger partial charge in [-0.2, -0.15) is 26.3 Å². The number of hydrogen-bond donors (Lipinski definition) is 2. The van der Waals surface area contributed by atoms with Gasteiger partial charge in [-0.3, -0.25) is 0 Å². The van der Waals surface area contributed by atoms with Gasteiger partial charge in [-0.15, -0.1) is 0 Å². The third-order valence-corrected chi connectivity index (χ3v) is 3.32. The number of alkyl halides is 6. The summed E-state index contributed by atoms with van der Waals surface area (Å²) in [5.74, 6) is -1.76. The van der Waals surface area contributed by atoms with E-state index < -0.39 is 52.4 Å². The van der Waals surface area contributed by atoms with E-state index in [-0.39, 0.29) is 12.1 Å². The Hall–Kier alpha value is -1.35. The van der Waals surface area contributed by atoms with Crippen LogP contribution in [0.2, 0.25) is 0 Å². The van der Waals surface area contributed by atoms with Crippen LogP contribution in [0.5, 0.6) is 0 Å². The highest BCUT2D eigenvalue weighted by Crippen LogP contribution is 2.42. The lowest BCUT2D eigenvalue weighted by Crippen LogP contribution is -2.38. The smallest absolute Gasteiger partial charge is 0.391 e. The van der Waals surface area contributed by atoms with Gasteiger partial charge in [-0.05, 0) is 17.5 Å². The van der Waals surface area contributed by atoms with Crippen molar-refractivity contribution in [2.75, 3.05) is 0 Å². The molecule has 0 heterocycles. The molecular weight excluding hydrogens is 331 g/mol. The second-order valence-electron chi connectivity index (χ2n) is 6.25. The average molecular weight is 347 g/mol. The quantitative estimate of drug-likeness (QED) is 0.785. The van der Waals surface area contributed by atoms with E-state index in [2.05, 4.69) is 0 Å². The maximum atomic E-state index is 14.0. The summed E-state index contributed by atoms with van der Waals surface area (Å²) in [7, 11) is 0. The fourth-order valence-electron chi connectivity index (χ4n) is 2.05. The first-order valence-electron chi connectivity index (χ1n) is 6.48. The third kappa shape index (κ3) is 4.35. The van der Waals surface area contributed by atoms with Gasteiger partial charge >= 0.3 is 12.4 Å². The third-order valence-electron chi connectivity index (χ3n) is 3.32. The molecule has 0 radical (unpaired) electrons. The number of rotatable bonds is 2. The van der Waals surface area contributed by atoms with Gasteiger partial charge in [0.05, 0.1) is 23.3 Å². The average Bonchev–Trinajstić information content (AvgIpc) is 2.32. The highest BCUT2D eigenvalue weighted by molar-refractivity contribution is 5.39. The predicted octanol–water partition coefficient (Wildman–Crippen LogP) is 4.27. The Morgan fingerprint density at radius 1 is 0.957 bits per heavy atom. The second kappa shape index (κ2) is 5.94. The van der Waals surface area contributed by atoms with Crippen LogP contribution in [-0.2, 0) is 12.4 Å². The van der Waals surface area contributed by atoms with Crippen molar-refractivity contribution in [1.29, 1.82) is 0 Å². The molecule has 3 N–H and O–H groups in total. The molecule has 0 aromatic heterocycles. The van der Waals surface area contributed by atoms with Crippen LogP contribution in [0, 0.1) is 11.2 Å². The highest BCUT2D eigenvalue weighted by atomic mass is 19.4. The van der Waals surface area contributed by atoms with Gasteiger partial charge in [-0.1, -0.05) is 20.8 Å². The van der Waals surface area contributed by atoms with Gasteiger partial charge in [-0.25, -0.2) is 4.39 Å². The van der Waals surface area contributed by atoms with Crippen molar-refractivity contribution in [3.8, 4) is 0 Å². The van der Waals surface area contributed by atoms with Gasteiger partial charge in [0, 0.05) is 5.56 Å². The molecule has 0 fully saturated rings. The van der Waals surface area contributed by atoms with E-state index in [0.29, 0.717) is 0 Å². The van der Waals surface area contributed by atoms with Crippen LogP contribution in [0.25, 0.3) is 0 Å². The van der Waals surface area contributed by atoms with Gasteiger partial charge < -0.3 is 10.8 Å². The summed E-state index contributed by atoms with van der Waals surface area (Å²) in [5, 5.41) is 9.97. The van der Waals surface area contributed by atoms with Crippen molar-refractivity contribution in [3.63, 3.8) is 0 Å². The molecule has 9 heteroatoms. The fourth-order valence-corrected chi connectivity index (χ4v) is 2.05. The Kier molecular flexibility index (Phi) is 5.08. The van der Waals surface area contributed by atoms with E-state index in [1.54, 1.807) is 0 Å². The van der Waals surface area contributed by atoms with Crippen molar-refractivity contribution in [2.24, 2.45) is 11.1 Å². The maximum absolute atomic E-state index is 14.0.